The second-order valence-corrected chi connectivity index (χ2v) is 5.56. The molecule has 2 heterocycles. The minimum absolute atomic E-state index is 0.169. The van der Waals surface area contributed by atoms with Crippen molar-refractivity contribution >= 4 is 5.69 Å². The average molecular weight is 287 g/mol. The Labute approximate surface area is 125 Å². The van der Waals surface area contributed by atoms with Gasteiger partial charge >= 0.3 is 0 Å². The SMILES string of the molecule is COc1ccc2c(c1)N(Cc1cn(C)nc1C)CC(C)O2. The summed E-state index contributed by atoms with van der Waals surface area (Å²) in [4.78, 5) is 2.33. The Balaban J connectivity index is 1.94. The highest BCUT2D eigenvalue weighted by Crippen LogP contribution is 2.37. The minimum Gasteiger partial charge on any atom is -0.497 e. The number of fused-ring (bicyclic) bond motifs is 1. The molecule has 0 N–H and O–H groups in total. The number of ether oxygens (including phenoxy) is 2. The first kappa shape index (κ1) is 13.8. The lowest BCUT2D eigenvalue weighted by molar-refractivity contribution is 0.211. The molecular formula is C16H21N3O2. The van der Waals surface area contributed by atoms with Crippen molar-refractivity contribution in [2.45, 2.75) is 26.5 Å². The molecule has 0 radical (unpaired) electrons. The van der Waals surface area contributed by atoms with Gasteiger partial charge in [0, 0.05) is 31.4 Å². The van der Waals surface area contributed by atoms with E-state index in [0.29, 0.717) is 0 Å². The third-order valence-corrected chi connectivity index (χ3v) is 3.79. The first-order chi connectivity index (χ1) is 10.1. The highest BCUT2D eigenvalue weighted by atomic mass is 16.5. The van der Waals surface area contributed by atoms with Crippen molar-refractivity contribution in [1.82, 2.24) is 9.78 Å². The molecule has 1 aliphatic rings. The van der Waals surface area contributed by atoms with Crippen molar-refractivity contribution < 1.29 is 9.47 Å². The van der Waals surface area contributed by atoms with Gasteiger partial charge < -0.3 is 14.4 Å². The van der Waals surface area contributed by atoms with Crippen LogP contribution in [0.4, 0.5) is 5.69 Å². The molecule has 2 aromatic rings. The number of hydrogen-bond donors (Lipinski definition) is 0. The Hall–Kier alpha value is -2.17. The number of anilines is 1. The fraction of sp³-hybridized carbons (Fsp3) is 0.438. The number of benzene rings is 1. The van der Waals surface area contributed by atoms with Gasteiger partial charge in [0.2, 0.25) is 0 Å². The Bertz CT molecular complexity index is 651. The molecule has 0 bridgehead atoms. The maximum absolute atomic E-state index is 5.92. The van der Waals surface area contributed by atoms with Gasteiger partial charge in [0.1, 0.15) is 17.6 Å². The van der Waals surface area contributed by atoms with Crippen molar-refractivity contribution in [3.05, 3.63) is 35.7 Å². The summed E-state index contributed by atoms with van der Waals surface area (Å²) in [6.45, 7) is 5.82. The van der Waals surface area contributed by atoms with E-state index in [-0.39, 0.29) is 6.10 Å². The molecule has 1 aromatic carbocycles. The van der Waals surface area contributed by atoms with Crippen LogP contribution in [-0.4, -0.2) is 29.5 Å². The zero-order valence-corrected chi connectivity index (χ0v) is 13.0. The Morgan fingerprint density at radius 1 is 1.43 bits per heavy atom. The largest absolute Gasteiger partial charge is 0.497 e. The van der Waals surface area contributed by atoms with E-state index in [4.69, 9.17) is 9.47 Å². The molecule has 1 aliphatic heterocycles. The van der Waals surface area contributed by atoms with Gasteiger partial charge in [-0.2, -0.15) is 5.10 Å². The van der Waals surface area contributed by atoms with E-state index < -0.39 is 0 Å². The minimum atomic E-state index is 0.169. The second-order valence-electron chi connectivity index (χ2n) is 5.56. The van der Waals surface area contributed by atoms with Crippen molar-refractivity contribution in [3.63, 3.8) is 0 Å². The van der Waals surface area contributed by atoms with Crippen LogP contribution in [0.15, 0.2) is 24.4 Å². The molecule has 0 aliphatic carbocycles. The molecular weight excluding hydrogens is 266 g/mol. The van der Waals surface area contributed by atoms with E-state index in [1.54, 1.807) is 7.11 Å². The van der Waals surface area contributed by atoms with Gasteiger partial charge in [-0.1, -0.05) is 0 Å². The predicted octanol–water partition coefficient (Wildman–Crippen LogP) is 2.52. The first-order valence-electron chi connectivity index (χ1n) is 7.15. The van der Waals surface area contributed by atoms with E-state index in [2.05, 4.69) is 23.1 Å². The Kier molecular flexibility index (Phi) is 3.49. The summed E-state index contributed by atoms with van der Waals surface area (Å²) < 4.78 is 13.1. The number of nitrogens with zero attached hydrogens (tertiary/aromatic N) is 3. The van der Waals surface area contributed by atoms with Gasteiger partial charge in [-0.15, -0.1) is 0 Å². The lowest BCUT2D eigenvalue weighted by Crippen LogP contribution is -2.38. The van der Waals surface area contributed by atoms with Crippen molar-refractivity contribution in [3.8, 4) is 11.5 Å². The van der Waals surface area contributed by atoms with E-state index in [1.807, 2.05) is 36.9 Å². The molecule has 0 fully saturated rings. The molecule has 0 amide bonds. The summed E-state index contributed by atoms with van der Waals surface area (Å²) in [6, 6.07) is 5.95. The van der Waals surface area contributed by atoms with Crippen LogP contribution in [0.25, 0.3) is 0 Å². The smallest absolute Gasteiger partial charge is 0.143 e. The fourth-order valence-corrected chi connectivity index (χ4v) is 2.79. The van der Waals surface area contributed by atoms with Gasteiger partial charge in [-0.3, -0.25) is 4.68 Å². The van der Waals surface area contributed by atoms with Crippen LogP contribution in [-0.2, 0) is 13.6 Å². The van der Waals surface area contributed by atoms with E-state index >= 15 is 0 Å². The third-order valence-electron chi connectivity index (χ3n) is 3.79. The third kappa shape index (κ3) is 2.68. The van der Waals surface area contributed by atoms with Crippen LogP contribution in [0.1, 0.15) is 18.2 Å². The zero-order valence-electron chi connectivity index (χ0n) is 13.0. The molecule has 0 saturated heterocycles. The molecule has 112 valence electrons. The maximum Gasteiger partial charge on any atom is 0.143 e. The summed E-state index contributed by atoms with van der Waals surface area (Å²) in [5.74, 6) is 1.76. The number of rotatable bonds is 3. The number of methoxy groups -OCH3 is 1. The summed E-state index contributed by atoms with van der Waals surface area (Å²) >= 11 is 0. The molecule has 5 heteroatoms. The highest BCUT2D eigenvalue weighted by Gasteiger charge is 2.24. The van der Waals surface area contributed by atoms with E-state index in [9.17, 15) is 0 Å². The number of aryl methyl sites for hydroxylation is 2. The van der Waals surface area contributed by atoms with Crippen molar-refractivity contribution in [2.24, 2.45) is 7.05 Å². The highest BCUT2D eigenvalue weighted by molar-refractivity contribution is 5.63. The van der Waals surface area contributed by atoms with E-state index in [0.717, 1.165) is 36.0 Å². The van der Waals surface area contributed by atoms with Gasteiger partial charge in [0.15, 0.2) is 0 Å². The monoisotopic (exact) mass is 287 g/mol. The van der Waals surface area contributed by atoms with Gasteiger partial charge in [0.05, 0.1) is 25.0 Å². The van der Waals surface area contributed by atoms with Gasteiger partial charge in [0.25, 0.3) is 0 Å². The lowest BCUT2D eigenvalue weighted by atomic mass is 10.1. The van der Waals surface area contributed by atoms with Crippen LogP contribution in [0.3, 0.4) is 0 Å². The average Bonchev–Trinajstić information content (AvgIpc) is 2.76. The zero-order chi connectivity index (χ0) is 15.0. The summed E-state index contributed by atoms with van der Waals surface area (Å²) in [5, 5.41) is 4.42. The molecule has 1 unspecified atom stereocenters. The first-order valence-corrected chi connectivity index (χ1v) is 7.15. The van der Waals surface area contributed by atoms with Crippen molar-refractivity contribution in [2.75, 3.05) is 18.6 Å². The fourth-order valence-electron chi connectivity index (χ4n) is 2.79. The molecule has 1 aromatic heterocycles. The predicted molar refractivity (Wildman–Crippen MR) is 82.1 cm³/mol. The van der Waals surface area contributed by atoms with Crippen molar-refractivity contribution in [1.29, 1.82) is 0 Å². The van der Waals surface area contributed by atoms with Gasteiger partial charge in [-0.05, 0) is 26.0 Å². The molecule has 0 spiro atoms. The molecule has 0 saturated carbocycles. The van der Waals surface area contributed by atoms with E-state index in [1.165, 1.54) is 5.56 Å². The van der Waals surface area contributed by atoms with Crippen LogP contribution >= 0.6 is 0 Å². The number of aromatic nitrogens is 2. The standard InChI is InChI=1S/C16H21N3O2/c1-11-8-19(10-13-9-18(3)17-12(13)2)15-7-14(20-4)5-6-16(15)21-11/h5-7,9,11H,8,10H2,1-4H3. The Morgan fingerprint density at radius 2 is 2.24 bits per heavy atom. The normalized spacial score (nSPS) is 17.3. The maximum atomic E-state index is 5.92. The summed E-state index contributed by atoms with van der Waals surface area (Å²) in [6.07, 6.45) is 2.25. The van der Waals surface area contributed by atoms with Crippen LogP contribution in [0.5, 0.6) is 11.5 Å². The lowest BCUT2D eigenvalue weighted by Gasteiger charge is -2.35. The molecule has 21 heavy (non-hydrogen) atoms. The molecule has 1 atom stereocenters. The van der Waals surface area contributed by atoms with Gasteiger partial charge in [-0.25, -0.2) is 0 Å². The molecule has 5 nitrogen and oxygen atoms in total. The topological polar surface area (TPSA) is 39.5 Å². The van der Waals surface area contributed by atoms with Crippen LogP contribution < -0.4 is 14.4 Å². The summed E-state index contributed by atoms with van der Waals surface area (Å²) in [7, 11) is 3.64. The quantitative estimate of drug-likeness (QED) is 0.869. The number of hydrogen-bond acceptors (Lipinski definition) is 4. The molecule has 3 rings (SSSR count). The summed E-state index contributed by atoms with van der Waals surface area (Å²) in [5.41, 5.74) is 3.39. The van der Waals surface area contributed by atoms with Crippen LogP contribution in [0.2, 0.25) is 0 Å². The Morgan fingerprint density at radius 3 is 2.90 bits per heavy atom. The second kappa shape index (κ2) is 5.31. The van der Waals surface area contributed by atoms with Crippen LogP contribution in [0, 0.1) is 6.92 Å².